The van der Waals surface area contributed by atoms with Crippen LogP contribution in [0, 0.1) is 5.92 Å². The van der Waals surface area contributed by atoms with E-state index >= 15 is 0 Å². The molecule has 0 saturated carbocycles. The topological polar surface area (TPSA) is 38.3 Å². The maximum atomic E-state index is 10.7. The van der Waals surface area contributed by atoms with Crippen molar-refractivity contribution < 1.29 is 9.53 Å². The van der Waals surface area contributed by atoms with E-state index in [2.05, 4.69) is 10.1 Å². The molecule has 1 aliphatic rings. The van der Waals surface area contributed by atoms with Crippen molar-refractivity contribution in [2.45, 2.75) is 12.8 Å². The molecule has 0 aliphatic carbocycles. The van der Waals surface area contributed by atoms with E-state index in [-0.39, 0.29) is 5.97 Å². The fourth-order valence-corrected chi connectivity index (χ4v) is 1.21. The molecule has 3 nitrogen and oxygen atoms in total. The first-order chi connectivity index (χ1) is 4.83. The SMILES string of the molecule is COC(=O)C[C@H]1CCNC1. The van der Waals surface area contributed by atoms with Gasteiger partial charge in [-0.25, -0.2) is 0 Å². The summed E-state index contributed by atoms with van der Waals surface area (Å²) in [5.41, 5.74) is 0. The summed E-state index contributed by atoms with van der Waals surface area (Å²) in [6, 6.07) is 0. The molecule has 1 aliphatic heterocycles. The zero-order chi connectivity index (χ0) is 7.40. The van der Waals surface area contributed by atoms with E-state index in [1.807, 2.05) is 0 Å². The summed E-state index contributed by atoms with van der Waals surface area (Å²) in [7, 11) is 1.44. The maximum Gasteiger partial charge on any atom is 0.305 e. The molecule has 0 aromatic heterocycles. The average Bonchev–Trinajstić information content (AvgIpc) is 2.40. The molecule has 1 rings (SSSR count). The molecule has 1 fully saturated rings. The lowest BCUT2D eigenvalue weighted by Crippen LogP contribution is -2.13. The quantitative estimate of drug-likeness (QED) is 0.559. The van der Waals surface area contributed by atoms with E-state index in [0.29, 0.717) is 12.3 Å². The van der Waals surface area contributed by atoms with Crippen LogP contribution in [0.15, 0.2) is 0 Å². The number of nitrogens with one attached hydrogen (secondary N) is 1. The fourth-order valence-electron chi connectivity index (χ4n) is 1.21. The van der Waals surface area contributed by atoms with Crippen LogP contribution >= 0.6 is 0 Å². The monoisotopic (exact) mass is 143 g/mol. The van der Waals surface area contributed by atoms with Gasteiger partial charge in [0, 0.05) is 6.42 Å². The molecule has 3 heteroatoms. The van der Waals surface area contributed by atoms with Crippen molar-refractivity contribution in [1.29, 1.82) is 0 Å². The van der Waals surface area contributed by atoms with Crippen LogP contribution < -0.4 is 5.32 Å². The number of esters is 1. The summed E-state index contributed by atoms with van der Waals surface area (Å²) in [4.78, 5) is 10.7. The molecule has 0 bridgehead atoms. The molecular formula is C7H13NO2. The average molecular weight is 143 g/mol. The number of hydrogen-bond donors (Lipinski definition) is 1. The van der Waals surface area contributed by atoms with E-state index < -0.39 is 0 Å². The summed E-state index contributed by atoms with van der Waals surface area (Å²) >= 11 is 0. The summed E-state index contributed by atoms with van der Waals surface area (Å²) < 4.78 is 4.55. The molecule has 58 valence electrons. The first-order valence-corrected chi connectivity index (χ1v) is 3.60. The molecule has 0 aromatic carbocycles. The van der Waals surface area contributed by atoms with E-state index in [1.54, 1.807) is 0 Å². The highest BCUT2D eigenvalue weighted by Gasteiger charge is 2.17. The van der Waals surface area contributed by atoms with Crippen molar-refractivity contribution in [2.75, 3.05) is 20.2 Å². The number of methoxy groups -OCH3 is 1. The van der Waals surface area contributed by atoms with Crippen molar-refractivity contribution in [1.82, 2.24) is 5.32 Å². The van der Waals surface area contributed by atoms with E-state index in [1.165, 1.54) is 7.11 Å². The van der Waals surface area contributed by atoms with Crippen LogP contribution in [-0.4, -0.2) is 26.2 Å². The Morgan fingerprint density at radius 2 is 2.60 bits per heavy atom. The van der Waals surface area contributed by atoms with Gasteiger partial charge in [-0.1, -0.05) is 0 Å². The zero-order valence-electron chi connectivity index (χ0n) is 6.22. The molecular weight excluding hydrogens is 130 g/mol. The molecule has 0 amide bonds. The third-order valence-electron chi connectivity index (χ3n) is 1.85. The van der Waals surface area contributed by atoms with Crippen molar-refractivity contribution in [3.8, 4) is 0 Å². The Kier molecular flexibility index (Phi) is 2.68. The summed E-state index contributed by atoms with van der Waals surface area (Å²) in [5, 5.41) is 3.19. The second-order valence-electron chi connectivity index (χ2n) is 2.64. The minimum absolute atomic E-state index is 0.0892. The Bertz CT molecular complexity index is 119. The zero-order valence-corrected chi connectivity index (χ0v) is 6.22. The van der Waals surface area contributed by atoms with Crippen molar-refractivity contribution >= 4 is 5.97 Å². The number of carbonyl (C=O) groups is 1. The van der Waals surface area contributed by atoms with Crippen molar-refractivity contribution in [3.05, 3.63) is 0 Å². The Balaban J connectivity index is 2.17. The van der Waals surface area contributed by atoms with Crippen LogP contribution in [0.25, 0.3) is 0 Å². The van der Waals surface area contributed by atoms with E-state index in [4.69, 9.17) is 0 Å². The van der Waals surface area contributed by atoms with Crippen LogP contribution in [0.5, 0.6) is 0 Å². The molecule has 1 atom stereocenters. The molecule has 0 spiro atoms. The van der Waals surface area contributed by atoms with Crippen LogP contribution in [-0.2, 0) is 9.53 Å². The van der Waals surface area contributed by atoms with Gasteiger partial charge in [-0.3, -0.25) is 4.79 Å². The number of carbonyl (C=O) groups excluding carboxylic acids is 1. The molecule has 0 radical (unpaired) electrons. The molecule has 1 heterocycles. The highest BCUT2D eigenvalue weighted by atomic mass is 16.5. The minimum Gasteiger partial charge on any atom is -0.469 e. The Morgan fingerprint density at radius 3 is 3.10 bits per heavy atom. The minimum atomic E-state index is -0.0892. The van der Waals surface area contributed by atoms with Crippen molar-refractivity contribution in [2.24, 2.45) is 5.92 Å². The van der Waals surface area contributed by atoms with Gasteiger partial charge in [0.2, 0.25) is 0 Å². The van der Waals surface area contributed by atoms with E-state index in [0.717, 1.165) is 19.5 Å². The fraction of sp³-hybridized carbons (Fsp3) is 0.857. The van der Waals surface area contributed by atoms with Gasteiger partial charge >= 0.3 is 5.97 Å². The van der Waals surface area contributed by atoms with Gasteiger partial charge in [0.25, 0.3) is 0 Å². The first kappa shape index (κ1) is 7.54. The number of ether oxygens (including phenoxy) is 1. The summed E-state index contributed by atoms with van der Waals surface area (Å²) in [6.45, 7) is 2.01. The smallest absolute Gasteiger partial charge is 0.305 e. The van der Waals surface area contributed by atoms with Crippen LogP contribution in [0.2, 0.25) is 0 Å². The normalized spacial score (nSPS) is 24.7. The molecule has 1 N–H and O–H groups in total. The maximum absolute atomic E-state index is 10.7. The summed E-state index contributed by atoms with van der Waals surface area (Å²) in [5.74, 6) is 0.418. The third-order valence-corrected chi connectivity index (χ3v) is 1.85. The Morgan fingerprint density at radius 1 is 1.80 bits per heavy atom. The highest BCUT2D eigenvalue weighted by Crippen LogP contribution is 2.11. The molecule has 0 unspecified atom stereocenters. The number of hydrogen-bond acceptors (Lipinski definition) is 3. The molecule has 10 heavy (non-hydrogen) atoms. The van der Waals surface area contributed by atoms with Gasteiger partial charge in [0.1, 0.15) is 0 Å². The lowest BCUT2D eigenvalue weighted by atomic mass is 10.1. The van der Waals surface area contributed by atoms with Gasteiger partial charge < -0.3 is 10.1 Å². The lowest BCUT2D eigenvalue weighted by molar-refractivity contribution is -0.141. The van der Waals surface area contributed by atoms with Gasteiger partial charge in [-0.05, 0) is 25.4 Å². The molecule has 0 aromatic rings. The van der Waals surface area contributed by atoms with Crippen LogP contribution in [0.4, 0.5) is 0 Å². The van der Waals surface area contributed by atoms with Crippen molar-refractivity contribution in [3.63, 3.8) is 0 Å². The predicted octanol–water partition coefficient (Wildman–Crippen LogP) is 0.159. The summed E-state index contributed by atoms with van der Waals surface area (Å²) in [6.07, 6.45) is 1.68. The van der Waals surface area contributed by atoms with Gasteiger partial charge in [0.05, 0.1) is 7.11 Å². The van der Waals surface area contributed by atoms with Crippen LogP contribution in [0.1, 0.15) is 12.8 Å². The Hall–Kier alpha value is -0.570. The largest absolute Gasteiger partial charge is 0.469 e. The standard InChI is InChI=1S/C7H13NO2/c1-10-7(9)4-6-2-3-8-5-6/h6,8H,2-5H2,1H3/t6-/m1/s1. The molecule has 1 saturated heterocycles. The van der Waals surface area contributed by atoms with Gasteiger partial charge in [0.15, 0.2) is 0 Å². The Labute approximate surface area is 60.7 Å². The second kappa shape index (κ2) is 3.56. The van der Waals surface area contributed by atoms with Gasteiger partial charge in [-0.15, -0.1) is 0 Å². The first-order valence-electron chi connectivity index (χ1n) is 3.60. The number of rotatable bonds is 2. The van der Waals surface area contributed by atoms with Crippen LogP contribution in [0.3, 0.4) is 0 Å². The third kappa shape index (κ3) is 1.99. The predicted molar refractivity (Wildman–Crippen MR) is 37.6 cm³/mol. The highest BCUT2D eigenvalue weighted by molar-refractivity contribution is 5.69. The second-order valence-corrected chi connectivity index (χ2v) is 2.64. The van der Waals surface area contributed by atoms with Gasteiger partial charge in [-0.2, -0.15) is 0 Å². The van der Waals surface area contributed by atoms with E-state index in [9.17, 15) is 4.79 Å². The lowest BCUT2D eigenvalue weighted by Gasteiger charge is -2.04.